The van der Waals surface area contributed by atoms with Crippen LogP contribution in [0.5, 0.6) is 0 Å². The fraction of sp³-hybridized carbons (Fsp3) is 0.312. The first-order chi connectivity index (χ1) is 11.7. The van der Waals surface area contributed by atoms with Crippen LogP contribution >= 0.6 is 23.2 Å². The Morgan fingerprint density at radius 2 is 1.96 bits per heavy atom. The molecule has 0 bridgehead atoms. The summed E-state index contributed by atoms with van der Waals surface area (Å²) in [5, 5.41) is 16.0. The van der Waals surface area contributed by atoms with Crippen LogP contribution in [0.2, 0.25) is 10.0 Å². The van der Waals surface area contributed by atoms with Gasteiger partial charge in [-0.25, -0.2) is 4.68 Å². The van der Waals surface area contributed by atoms with Crippen LogP contribution in [0.25, 0.3) is 11.3 Å². The molecule has 8 heteroatoms. The number of rotatable bonds is 7. The molecule has 0 atom stereocenters. The molecular weight excluding hydrogens is 349 g/mol. The first-order valence-corrected chi connectivity index (χ1v) is 8.46. The fourth-order valence-corrected chi connectivity index (χ4v) is 2.81. The molecule has 0 radical (unpaired) electrons. The van der Waals surface area contributed by atoms with Gasteiger partial charge in [0.2, 0.25) is 5.95 Å². The van der Waals surface area contributed by atoms with E-state index in [0.29, 0.717) is 28.3 Å². The van der Waals surface area contributed by atoms with E-state index in [0.717, 1.165) is 30.7 Å². The summed E-state index contributed by atoms with van der Waals surface area (Å²) in [6, 6.07) is 9.11. The second-order valence-electron chi connectivity index (χ2n) is 5.36. The van der Waals surface area contributed by atoms with E-state index in [4.69, 9.17) is 27.6 Å². The molecule has 0 aliphatic carbocycles. The van der Waals surface area contributed by atoms with Crippen molar-refractivity contribution in [3.8, 4) is 11.3 Å². The Morgan fingerprint density at radius 3 is 2.71 bits per heavy atom. The Balaban J connectivity index is 1.67. The van der Waals surface area contributed by atoms with Crippen molar-refractivity contribution in [3.05, 3.63) is 46.1 Å². The zero-order valence-corrected chi connectivity index (χ0v) is 14.7. The van der Waals surface area contributed by atoms with Crippen LogP contribution in [0, 0.1) is 0 Å². The maximum atomic E-state index is 6.03. The van der Waals surface area contributed by atoms with Crippen molar-refractivity contribution < 1.29 is 4.42 Å². The minimum Gasteiger partial charge on any atom is -0.459 e. The van der Waals surface area contributed by atoms with Crippen LogP contribution in [0.15, 0.2) is 34.7 Å². The number of furan rings is 1. The zero-order valence-electron chi connectivity index (χ0n) is 13.2. The van der Waals surface area contributed by atoms with Crippen molar-refractivity contribution in [2.45, 2.75) is 32.9 Å². The van der Waals surface area contributed by atoms with Gasteiger partial charge in [-0.05, 0) is 47.2 Å². The molecule has 3 aromatic rings. The second-order valence-corrected chi connectivity index (χ2v) is 6.23. The van der Waals surface area contributed by atoms with E-state index in [1.165, 1.54) is 0 Å². The zero-order chi connectivity index (χ0) is 16.9. The summed E-state index contributed by atoms with van der Waals surface area (Å²) in [6.45, 7) is 3.40. The summed E-state index contributed by atoms with van der Waals surface area (Å²) in [5.41, 5.74) is 0.839. The normalized spacial score (nSPS) is 11.0. The molecule has 6 nitrogen and oxygen atoms in total. The number of halogens is 2. The summed E-state index contributed by atoms with van der Waals surface area (Å²) < 4.78 is 7.60. The highest BCUT2D eigenvalue weighted by atomic mass is 35.5. The van der Waals surface area contributed by atoms with Gasteiger partial charge in [-0.3, -0.25) is 0 Å². The maximum Gasteiger partial charge on any atom is 0.243 e. The lowest BCUT2D eigenvalue weighted by Gasteiger charge is -2.05. The van der Waals surface area contributed by atoms with Crippen molar-refractivity contribution in [3.63, 3.8) is 0 Å². The minimum absolute atomic E-state index is 0.487. The fourth-order valence-electron chi connectivity index (χ4n) is 2.28. The first kappa shape index (κ1) is 16.8. The molecule has 0 aliphatic rings. The largest absolute Gasteiger partial charge is 0.459 e. The third-order valence-corrected chi connectivity index (χ3v) is 3.92. The lowest BCUT2D eigenvalue weighted by atomic mass is 10.2. The summed E-state index contributed by atoms with van der Waals surface area (Å²) in [7, 11) is 0. The summed E-state index contributed by atoms with van der Waals surface area (Å²) in [4.78, 5) is 0. The number of nitrogens with zero attached hydrogens (tertiary/aromatic N) is 4. The third-order valence-electron chi connectivity index (χ3n) is 3.48. The van der Waals surface area contributed by atoms with E-state index < -0.39 is 0 Å². The van der Waals surface area contributed by atoms with Crippen LogP contribution in [0.1, 0.15) is 25.5 Å². The Labute approximate surface area is 149 Å². The molecule has 126 valence electrons. The number of hydrogen-bond donors (Lipinski definition) is 1. The van der Waals surface area contributed by atoms with Crippen LogP contribution in [0.4, 0.5) is 5.95 Å². The average molecular weight is 366 g/mol. The number of benzene rings is 1. The number of aromatic nitrogens is 4. The predicted molar refractivity (Wildman–Crippen MR) is 94.2 cm³/mol. The molecule has 1 N–H and O–H groups in total. The quantitative estimate of drug-likeness (QED) is 0.659. The lowest BCUT2D eigenvalue weighted by Crippen LogP contribution is -2.08. The van der Waals surface area contributed by atoms with E-state index in [1.807, 2.05) is 24.3 Å². The molecule has 0 saturated heterocycles. The molecular formula is C16H17Cl2N5O. The van der Waals surface area contributed by atoms with Gasteiger partial charge in [-0.2, -0.15) is 0 Å². The van der Waals surface area contributed by atoms with Crippen molar-refractivity contribution in [2.75, 3.05) is 5.32 Å². The average Bonchev–Trinajstić information content (AvgIpc) is 3.19. The minimum atomic E-state index is 0.487. The summed E-state index contributed by atoms with van der Waals surface area (Å²) >= 11 is 12.1. The van der Waals surface area contributed by atoms with Gasteiger partial charge in [0.05, 0.1) is 6.54 Å². The SMILES string of the molecule is CCCCn1nnnc1NCc1ccc(-c2cc(Cl)cc(Cl)c2)o1. The highest BCUT2D eigenvalue weighted by molar-refractivity contribution is 6.35. The highest BCUT2D eigenvalue weighted by Gasteiger charge is 2.09. The summed E-state index contributed by atoms with van der Waals surface area (Å²) in [5.74, 6) is 2.11. The summed E-state index contributed by atoms with van der Waals surface area (Å²) in [6.07, 6.45) is 2.11. The van der Waals surface area contributed by atoms with Gasteiger partial charge in [0.25, 0.3) is 0 Å². The number of anilines is 1. The van der Waals surface area contributed by atoms with E-state index in [9.17, 15) is 0 Å². The van der Waals surface area contributed by atoms with Crippen LogP contribution in [0.3, 0.4) is 0 Å². The van der Waals surface area contributed by atoms with Crippen LogP contribution < -0.4 is 5.32 Å². The van der Waals surface area contributed by atoms with Crippen molar-refractivity contribution in [1.82, 2.24) is 20.2 Å². The first-order valence-electron chi connectivity index (χ1n) is 7.71. The monoisotopic (exact) mass is 365 g/mol. The maximum absolute atomic E-state index is 6.03. The van der Waals surface area contributed by atoms with Crippen molar-refractivity contribution >= 4 is 29.2 Å². The molecule has 0 saturated carbocycles. The molecule has 2 heterocycles. The molecule has 2 aromatic heterocycles. The van der Waals surface area contributed by atoms with Gasteiger partial charge in [0, 0.05) is 22.2 Å². The molecule has 0 unspecified atom stereocenters. The standard InChI is InChI=1S/C16H17Cl2N5O/c1-2-3-6-23-16(20-21-22-23)19-10-14-4-5-15(24-14)11-7-12(17)9-13(18)8-11/h4-5,7-9H,2-3,6,10H2,1H3,(H,19,20,22). The van der Waals surface area contributed by atoms with Crippen LogP contribution in [-0.4, -0.2) is 20.2 Å². The smallest absolute Gasteiger partial charge is 0.243 e. The van der Waals surface area contributed by atoms with E-state index in [2.05, 4.69) is 27.8 Å². The number of tetrazole rings is 1. The number of hydrogen-bond acceptors (Lipinski definition) is 5. The van der Waals surface area contributed by atoms with E-state index in [1.54, 1.807) is 10.7 Å². The predicted octanol–water partition coefficient (Wildman–Crippen LogP) is 4.65. The van der Waals surface area contributed by atoms with Gasteiger partial charge in [0.15, 0.2) is 0 Å². The molecule has 0 fully saturated rings. The molecule has 0 amide bonds. The Bertz CT molecular complexity index is 794. The molecule has 0 aliphatic heterocycles. The Kier molecular flexibility index (Phi) is 5.37. The number of unbranched alkanes of at least 4 members (excludes halogenated alkanes) is 1. The molecule has 1 aromatic carbocycles. The van der Waals surface area contributed by atoms with Gasteiger partial charge >= 0.3 is 0 Å². The Hall–Kier alpha value is -2.05. The number of aryl methyl sites for hydroxylation is 1. The lowest BCUT2D eigenvalue weighted by molar-refractivity contribution is 0.526. The second kappa shape index (κ2) is 7.68. The van der Waals surface area contributed by atoms with Gasteiger partial charge < -0.3 is 9.73 Å². The molecule has 24 heavy (non-hydrogen) atoms. The third kappa shape index (κ3) is 4.07. The Morgan fingerprint density at radius 1 is 1.17 bits per heavy atom. The van der Waals surface area contributed by atoms with Gasteiger partial charge in [-0.1, -0.05) is 41.6 Å². The number of nitrogens with one attached hydrogen (secondary N) is 1. The highest BCUT2D eigenvalue weighted by Crippen LogP contribution is 2.28. The molecule has 0 spiro atoms. The van der Waals surface area contributed by atoms with Crippen molar-refractivity contribution in [1.29, 1.82) is 0 Å². The van der Waals surface area contributed by atoms with Gasteiger partial charge in [-0.15, -0.1) is 0 Å². The van der Waals surface area contributed by atoms with Gasteiger partial charge in [0.1, 0.15) is 11.5 Å². The topological polar surface area (TPSA) is 68.8 Å². The van der Waals surface area contributed by atoms with E-state index in [-0.39, 0.29) is 0 Å². The molecule has 3 rings (SSSR count). The van der Waals surface area contributed by atoms with Crippen molar-refractivity contribution in [2.24, 2.45) is 0 Å². The van der Waals surface area contributed by atoms with Crippen LogP contribution in [-0.2, 0) is 13.1 Å². The van der Waals surface area contributed by atoms with E-state index >= 15 is 0 Å².